The molecule has 1 aliphatic heterocycles. The van der Waals surface area contributed by atoms with Gasteiger partial charge in [-0.15, -0.1) is 6.58 Å². The maximum absolute atomic E-state index is 3.85. The average Bonchev–Trinajstić information content (AvgIpc) is 2.39. The number of nitrogens with one attached hydrogen (secondary N) is 1. The summed E-state index contributed by atoms with van der Waals surface area (Å²) in [6, 6.07) is 7.35. The van der Waals surface area contributed by atoms with E-state index in [9.17, 15) is 0 Å². The molecule has 0 amide bonds. The molecular formula is C16H24N2. The SMILES string of the molecule is C=CCN1CCCc2cc(C(C)NCC)ccc21. The minimum Gasteiger partial charge on any atom is -0.368 e. The van der Waals surface area contributed by atoms with Crippen LogP contribution in [-0.4, -0.2) is 19.6 Å². The van der Waals surface area contributed by atoms with Crippen LogP contribution in [-0.2, 0) is 6.42 Å². The van der Waals surface area contributed by atoms with Crippen molar-refractivity contribution in [1.29, 1.82) is 0 Å². The Labute approximate surface area is 111 Å². The van der Waals surface area contributed by atoms with Crippen molar-refractivity contribution in [3.63, 3.8) is 0 Å². The van der Waals surface area contributed by atoms with Crippen LogP contribution >= 0.6 is 0 Å². The van der Waals surface area contributed by atoms with Gasteiger partial charge in [0.25, 0.3) is 0 Å². The van der Waals surface area contributed by atoms with Crippen molar-refractivity contribution in [2.45, 2.75) is 32.7 Å². The van der Waals surface area contributed by atoms with E-state index >= 15 is 0 Å². The summed E-state index contributed by atoms with van der Waals surface area (Å²) in [4.78, 5) is 2.42. The van der Waals surface area contributed by atoms with Crippen molar-refractivity contribution in [3.05, 3.63) is 42.0 Å². The molecule has 1 aromatic carbocycles. The number of anilines is 1. The molecule has 1 heterocycles. The summed E-state index contributed by atoms with van der Waals surface area (Å²) in [5.74, 6) is 0. The number of aryl methyl sites for hydroxylation is 1. The Morgan fingerprint density at radius 1 is 1.50 bits per heavy atom. The van der Waals surface area contributed by atoms with E-state index in [1.807, 2.05) is 6.08 Å². The lowest BCUT2D eigenvalue weighted by Gasteiger charge is -2.31. The number of benzene rings is 1. The first kappa shape index (κ1) is 13.2. The molecule has 0 aromatic heterocycles. The van der Waals surface area contributed by atoms with Crippen molar-refractivity contribution in [3.8, 4) is 0 Å². The summed E-state index contributed by atoms with van der Waals surface area (Å²) in [5.41, 5.74) is 4.29. The lowest BCUT2D eigenvalue weighted by Crippen LogP contribution is -2.29. The zero-order chi connectivity index (χ0) is 13.0. The molecule has 98 valence electrons. The monoisotopic (exact) mass is 244 g/mol. The fourth-order valence-electron chi connectivity index (χ4n) is 2.73. The Kier molecular flexibility index (Phi) is 4.43. The molecule has 0 spiro atoms. The van der Waals surface area contributed by atoms with Gasteiger partial charge < -0.3 is 10.2 Å². The number of rotatable bonds is 5. The molecule has 0 radical (unpaired) electrons. The van der Waals surface area contributed by atoms with Crippen LogP contribution in [0.15, 0.2) is 30.9 Å². The number of hydrogen-bond donors (Lipinski definition) is 1. The molecule has 1 aromatic rings. The van der Waals surface area contributed by atoms with Gasteiger partial charge in [0, 0.05) is 24.8 Å². The fourth-order valence-corrected chi connectivity index (χ4v) is 2.73. The van der Waals surface area contributed by atoms with Gasteiger partial charge in [0.05, 0.1) is 0 Å². The highest BCUT2D eigenvalue weighted by atomic mass is 15.1. The Morgan fingerprint density at radius 3 is 3.06 bits per heavy atom. The van der Waals surface area contributed by atoms with Crippen molar-refractivity contribution in [2.75, 3.05) is 24.5 Å². The normalized spacial score (nSPS) is 16.2. The lowest BCUT2D eigenvalue weighted by atomic mass is 9.97. The highest BCUT2D eigenvalue weighted by Gasteiger charge is 2.16. The van der Waals surface area contributed by atoms with Gasteiger partial charge >= 0.3 is 0 Å². The van der Waals surface area contributed by atoms with Gasteiger partial charge in [0.15, 0.2) is 0 Å². The minimum atomic E-state index is 0.440. The smallest absolute Gasteiger partial charge is 0.0401 e. The average molecular weight is 244 g/mol. The van der Waals surface area contributed by atoms with Crippen LogP contribution < -0.4 is 10.2 Å². The van der Waals surface area contributed by atoms with Crippen LogP contribution in [0, 0.1) is 0 Å². The Bertz CT molecular complexity index is 412. The van der Waals surface area contributed by atoms with E-state index in [0.29, 0.717) is 6.04 Å². The molecule has 2 rings (SSSR count). The molecule has 0 saturated heterocycles. The van der Waals surface area contributed by atoms with Gasteiger partial charge in [-0.1, -0.05) is 25.1 Å². The third kappa shape index (κ3) is 2.75. The molecule has 2 nitrogen and oxygen atoms in total. The molecular weight excluding hydrogens is 220 g/mol. The zero-order valence-corrected chi connectivity index (χ0v) is 11.6. The second-order valence-corrected chi connectivity index (χ2v) is 5.01. The second kappa shape index (κ2) is 6.05. The van der Waals surface area contributed by atoms with Crippen LogP contribution in [0.2, 0.25) is 0 Å². The molecule has 1 unspecified atom stereocenters. The summed E-state index contributed by atoms with van der Waals surface area (Å²) in [5, 5.41) is 3.48. The Hall–Kier alpha value is -1.28. The molecule has 1 N–H and O–H groups in total. The number of fused-ring (bicyclic) bond motifs is 1. The van der Waals surface area contributed by atoms with Crippen molar-refractivity contribution >= 4 is 5.69 Å². The predicted octanol–water partition coefficient (Wildman–Crippen LogP) is 3.30. The first-order valence-corrected chi connectivity index (χ1v) is 6.98. The van der Waals surface area contributed by atoms with Crippen molar-refractivity contribution in [2.24, 2.45) is 0 Å². The second-order valence-electron chi connectivity index (χ2n) is 5.01. The summed E-state index contributed by atoms with van der Waals surface area (Å²) >= 11 is 0. The van der Waals surface area contributed by atoms with Gasteiger partial charge in [-0.2, -0.15) is 0 Å². The first-order valence-electron chi connectivity index (χ1n) is 6.98. The number of nitrogens with zero attached hydrogens (tertiary/aromatic N) is 1. The van der Waals surface area contributed by atoms with Crippen LogP contribution in [0.4, 0.5) is 5.69 Å². The first-order chi connectivity index (χ1) is 8.76. The quantitative estimate of drug-likeness (QED) is 0.800. The van der Waals surface area contributed by atoms with E-state index < -0.39 is 0 Å². The van der Waals surface area contributed by atoms with E-state index in [1.165, 1.54) is 29.7 Å². The van der Waals surface area contributed by atoms with E-state index in [1.54, 1.807) is 0 Å². The molecule has 0 bridgehead atoms. The third-order valence-corrected chi connectivity index (χ3v) is 3.68. The standard InChI is InChI=1S/C16H24N2/c1-4-10-18-11-6-7-15-12-14(8-9-16(15)18)13(3)17-5-2/h4,8-9,12-13,17H,1,5-7,10-11H2,2-3H3. The molecule has 0 saturated carbocycles. The fraction of sp³-hybridized carbons (Fsp3) is 0.500. The molecule has 1 aliphatic rings. The van der Waals surface area contributed by atoms with Gasteiger partial charge in [-0.3, -0.25) is 0 Å². The molecule has 18 heavy (non-hydrogen) atoms. The third-order valence-electron chi connectivity index (χ3n) is 3.68. The van der Waals surface area contributed by atoms with Crippen molar-refractivity contribution in [1.82, 2.24) is 5.32 Å². The van der Waals surface area contributed by atoms with Gasteiger partial charge in [0.2, 0.25) is 0 Å². The summed E-state index contributed by atoms with van der Waals surface area (Å²) < 4.78 is 0. The Morgan fingerprint density at radius 2 is 2.33 bits per heavy atom. The minimum absolute atomic E-state index is 0.440. The predicted molar refractivity (Wildman–Crippen MR) is 79.3 cm³/mol. The molecule has 0 fully saturated rings. The van der Waals surface area contributed by atoms with Gasteiger partial charge in [-0.25, -0.2) is 0 Å². The molecule has 0 aliphatic carbocycles. The van der Waals surface area contributed by atoms with E-state index in [2.05, 4.69) is 48.8 Å². The lowest BCUT2D eigenvalue weighted by molar-refractivity contribution is 0.596. The van der Waals surface area contributed by atoms with E-state index in [0.717, 1.165) is 19.6 Å². The maximum atomic E-state index is 3.85. The largest absolute Gasteiger partial charge is 0.368 e. The van der Waals surface area contributed by atoms with Crippen LogP contribution in [0.1, 0.15) is 37.4 Å². The Balaban J connectivity index is 2.23. The van der Waals surface area contributed by atoms with Gasteiger partial charge in [0.1, 0.15) is 0 Å². The highest BCUT2D eigenvalue weighted by Crippen LogP contribution is 2.29. The molecule has 2 heteroatoms. The van der Waals surface area contributed by atoms with Crippen LogP contribution in [0.25, 0.3) is 0 Å². The summed E-state index contributed by atoms with van der Waals surface area (Å²) in [7, 11) is 0. The van der Waals surface area contributed by atoms with Crippen LogP contribution in [0.3, 0.4) is 0 Å². The molecule has 1 atom stereocenters. The van der Waals surface area contributed by atoms with Crippen molar-refractivity contribution < 1.29 is 0 Å². The summed E-state index contributed by atoms with van der Waals surface area (Å²) in [6.45, 7) is 11.4. The highest BCUT2D eigenvalue weighted by molar-refractivity contribution is 5.57. The topological polar surface area (TPSA) is 15.3 Å². The summed E-state index contributed by atoms with van der Waals surface area (Å²) in [6.07, 6.45) is 4.44. The van der Waals surface area contributed by atoms with E-state index in [4.69, 9.17) is 0 Å². The maximum Gasteiger partial charge on any atom is 0.0401 e. The number of hydrogen-bond acceptors (Lipinski definition) is 2. The van der Waals surface area contributed by atoms with Gasteiger partial charge in [-0.05, 0) is 43.5 Å². The van der Waals surface area contributed by atoms with Crippen LogP contribution in [0.5, 0.6) is 0 Å². The zero-order valence-electron chi connectivity index (χ0n) is 11.6. The van der Waals surface area contributed by atoms with E-state index in [-0.39, 0.29) is 0 Å².